The molecule has 5 nitrogen and oxygen atoms in total. The molecule has 0 radical (unpaired) electrons. The second-order valence-electron chi connectivity index (χ2n) is 7.37. The van der Waals surface area contributed by atoms with Crippen molar-refractivity contribution >= 4 is 5.95 Å². The molecule has 2 aromatic rings. The largest absolute Gasteiger partial charge is 0.354 e. The van der Waals surface area contributed by atoms with E-state index < -0.39 is 0 Å². The van der Waals surface area contributed by atoms with Crippen LogP contribution in [0.2, 0.25) is 0 Å². The summed E-state index contributed by atoms with van der Waals surface area (Å²) in [7, 11) is 4.19. The summed E-state index contributed by atoms with van der Waals surface area (Å²) in [5.41, 5.74) is 2.67. The number of hydrogen-bond acceptors (Lipinski definition) is 5. The minimum Gasteiger partial charge on any atom is -0.354 e. The molecule has 3 heterocycles. The van der Waals surface area contributed by atoms with Gasteiger partial charge >= 0.3 is 0 Å². The molecule has 2 aliphatic heterocycles. The molecule has 4 bridgehead atoms. The van der Waals surface area contributed by atoms with Gasteiger partial charge in [-0.25, -0.2) is 4.98 Å². The van der Waals surface area contributed by atoms with Gasteiger partial charge in [-0.1, -0.05) is 24.3 Å². The van der Waals surface area contributed by atoms with Gasteiger partial charge in [0.05, 0.1) is 0 Å². The van der Waals surface area contributed by atoms with E-state index in [0.717, 1.165) is 55.5 Å². The van der Waals surface area contributed by atoms with Crippen LogP contribution in [0.15, 0.2) is 24.3 Å². The molecule has 0 atom stereocenters. The third-order valence-corrected chi connectivity index (χ3v) is 5.13. The molecule has 5 rings (SSSR count). The van der Waals surface area contributed by atoms with Gasteiger partial charge in [0.15, 0.2) is 5.82 Å². The van der Waals surface area contributed by atoms with E-state index in [1.165, 1.54) is 18.4 Å². The first-order valence-electron chi connectivity index (χ1n) is 8.89. The molecule has 1 saturated carbocycles. The van der Waals surface area contributed by atoms with Crippen LogP contribution < -0.4 is 5.32 Å². The third-order valence-electron chi connectivity index (χ3n) is 5.13. The number of rotatable bonds is 5. The number of aryl methyl sites for hydroxylation is 1. The van der Waals surface area contributed by atoms with Crippen molar-refractivity contribution in [1.82, 2.24) is 19.9 Å². The lowest BCUT2D eigenvalue weighted by atomic mass is 9.94. The van der Waals surface area contributed by atoms with Gasteiger partial charge in [-0.3, -0.25) is 0 Å². The lowest BCUT2D eigenvalue weighted by Gasteiger charge is -2.18. The second-order valence-corrected chi connectivity index (χ2v) is 7.37. The van der Waals surface area contributed by atoms with Crippen LogP contribution in [0.5, 0.6) is 0 Å². The van der Waals surface area contributed by atoms with E-state index in [1.807, 2.05) is 0 Å². The number of aromatic nitrogens is 3. The van der Waals surface area contributed by atoms with E-state index >= 15 is 0 Å². The van der Waals surface area contributed by atoms with Gasteiger partial charge in [0, 0.05) is 17.5 Å². The fourth-order valence-corrected chi connectivity index (χ4v) is 3.36. The first-order valence-corrected chi connectivity index (χ1v) is 8.89. The van der Waals surface area contributed by atoms with E-state index in [0.29, 0.717) is 0 Å². The van der Waals surface area contributed by atoms with Crippen LogP contribution in [0.1, 0.15) is 37.1 Å². The van der Waals surface area contributed by atoms with Crippen molar-refractivity contribution in [2.75, 3.05) is 32.5 Å². The van der Waals surface area contributed by atoms with Crippen LogP contribution >= 0.6 is 0 Å². The molecule has 3 aliphatic rings. The molecular formula is C19H25N5. The highest BCUT2D eigenvalue weighted by atomic mass is 15.2. The fourth-order valence-electron chi connectivity index (χ4n) is 3.36. The number of hydrogen-bond donors (Lipinski definition) is 1. The Morgan fingerprint density at radius 1 is 1.04 bits per heavy atom. The Morgan fingerprint density at radius 2 is 1.83 bits per heavy atom. The Hall–Kier alpha value is -2.01. The minimum atomic E-state index is 0.185. The predicted molar refractivity (Wildman–Crippen MR) is 96.2 cm³/mol. The van der Waals surface area contributed by atoms with Crippen LogP contribution in [0, 0.1) is 0 Å². The number of nitrogens with zero attached hydrogens (tertiary/aromatic N) is 4. The lowest BCUT2D eigenvalue weighted by Crippen LogP contribution is -2.19. The molecule has 1 aromatic carbocycles. The van der Waals surface area contributed by atoms with Gasteiger partial charge in [0.2, 0.25) is 5.95 Å². The summed E-state index contributed by atoms with van der Waals surface area (Å²) in [6.07, 6.45) is 5.71. The van der Waals surface area contributed by atoms with Crippen molar-refractivity contribution in [3.63, 3.8) is 0 Å². The molecule has 126 valence electrons. The van der Waals surface area contributed by atoms with Crippen LogP contribution in [0.25, 0.3) is 11.4 Å². The van der Waals surface area contributed by atoms with Crippen LogP contribution in [0.3, 0.4) is 0 Å². The van der Waals surface area contributed by atoms with E-state index in [4.69, 9.17) is 9.97 Å². The molecule has 1 spiro atoms. The van der Waals surface area contributed by atoms with Gasteiger partial charge < -0.3 is 10.2 Å². The van der Waals surface area contributed by atoms with Crippen molar-refractivity contribution in [2.24, 2.45) is 0 Å². The van der Waals surface area contributed by atoms with E-state index in [1.54, 1.807) is 0 Å². The monoisotopic (exact) mass is 323 g/mol. The van der Waals surface area contributed by atoms with E-state index in [2.05, 4.69) is 53.6 Å². The molecule has 0 unspecified atom stereocenters. The van der Waals surface area contributed by atoms with Crippen LogP contribution in [-0.4, -0.2) is 47.0 Å². The summed E-state index contributed by atoms with van der Waals surface area (Å²) in [4.78, 5) is 16.5. The average molecular weight is 323 g/mol. The zero-order chi connectivity index (χ0) is 16.6. The lowest BCUT2D eigenvalue weighted by molar-refractivity contribution is 0.405. The summed E-state index contributed by atoms with van der Waals surface area (Å²) in [5, 5.41) is 3.40. The van der Waals surface area contributed by atoms with Gasteiger partial charge in [0.25, 0.3) is 0 Å². The van der Waals surface area contributed by atoms with Gasteiger partial charge in [-0.15, -0.1) is 0 Å². The average Bonchev–Trinajstić information content (AvgIpc) is 3.38. The Morgan fingerprint density at radius 3 is 2.54 bits per heavy atom. The van der Waals surface area contributed by atoms with E-state index in [9.17, 15) is 0 Å². The Kier molecular flexibility index (Phi) is 3.96. The highest BCUT2D eigenvalue weighted by molar-refractivity contribution is 5.57. The Balaban J connectivity index is 1.63. The maximum atomic E-state index is 4.82. The molecule has 24 heavy (non-hydrogen) atoms. The number of fused-ring (bicyclic) bond motifs is 3. The topological polar surface area (TPSA) is 53.9 Å². The molecule has 1 aliphatic carbocycles. The summed E-state index contributed by atoms with van der Waals surface area (Å²) >= 11 is 0. The fraction of sp³-hybridized carbons (Fsp3) is 0.526. The van der Waals surface area contributed by atoms with E-state index in [-0.39, 0.29) is 5.41 Å². The summed E-state index contributed by atoms with van der Waals surface area (Å²) in [6, 6.07) is 8.69. The molecule has 1 N–H and O–H groups in total. The maximum Gasteiger partial charge on any atom is 0.226 e. The van der Waals surface area contributed by atoms with Gasteiger partial charge in [-0.2, -0.15) is 9.97 Å². The maximum absolute atomic E-state index is 4.82. The molecule has 0 amide bonds. The Bertz CT molecular complexity index is 719. The molecule has 1 aromatic heterocycles. The van der Waals surface area contributed by atoms with Gasteiger partial charge in [0.1, 0.15) is 5.82 Å². The molecular weight excluding hydrogens is 298 g/mol. The number of nitrogens with one attached hydrogen (secondary N) is 1. The SMILES string of the molecule is CN(C)CCCNc1nc2nc(n1)C1(CCc3ccc-2cc3)CC1. The van der Waals surface area contributed by atoms with Gasteiger partial charge in [-0.05, 0) is 58.3 Å². The highest BCUT2D eigenvalue weighted by Crippen LogP contribution is 2.50. The van der Waals surface area contributed by atoms with Crippen molar-refractivity contribution in [3.8, 4) is 11.4 Å². The van der Waals surface area contributed by atoms with Crippen molar-refractivity contribution in [2.45, 2.75) is 37.5 Å². The predicted octanol–water partition coefficient (Wildman–Crippen LogP) is 2.88. The molecule has 0 saturated heterocycles. The summed E-state index contributed by atoms with van der Waals surface area (Å²) < 4.78 is 0. The third kappa shape index (κ3) is 3.13. The normalized spacial score (nSPS) is 17.3. The first-order chi connectivity index (χ1) is 11.6. The quantitative estimate of drug-likeness (QED) is 0.858. The zero-order valence-corrected chi connectivity index (χ0v) is 14.5. The summed E-state index contributed by atoms with van der Waals surface area (Å²) in [6.45, 7) is 1.94. The molecule has 1 fully saturated rings. The highest BCUT2D eigenvalue weighted by Gasteiger charge is 2.47. The zero-order valence-electron chi connectivity index (χ0n) is 14.5. The minimum absolute atomic E-state index is 0.185. The van der Waals surface area contributed by atoms with Crippen LogP contribution in [0.4, 0.5) is 5.95 Å². The molecule has 5 heteroatoms. The second kappa shape index (κ2) is 6.13. The van der Waals surface area contributed by atoms with Crippen molar-refractivity contribution < 1.29 is 0 Å². The smallest absolute Gasteiger partial charge is 0.226 e. The Labute approximate surface area is 143 Å². The van der Waals surface area contributed by atoms with Crippen molar-refractivity contribution in [3.05, 3.63) is 35.7 Å². The number of anilines is 1. The summed E-state index contributed by atoms with van der Waals surface area (Å²) in [5.74, 6) is 2.52. The standard InChI is InChI=1S/C19H25N5/c1-24(2)13-3-12-20-18-22-16-15-6-4-14(5-7-15)8-9-19(10-11-19)17(21-16)23-18/h4-7H,3,8-13H2,1-2H3,(H,20,21,22,23). The first kappa shape index (κ1) is 15.5. The van der Waals surface area contributed by atoms with Crippen LogP contribution in [-0.2, 0) is 11.8 Å². The number of benzene rings is 1. The van der Waals surface area contributed by atoms with Crippen molar-refractivity contribution in [1.29, 1.82) is 0 Å².